The molecule has 18 heavy (non-hydrogen) atoms. The van der Waals surface area contributed by atoms with Crippen LogP contribution < -0.4 is 5.32 Å². The molecule has 0 aromatic heterocycles. The van der Waals surface area contributed by atoms with Crippen LogP contribution in [-0.2, 0) is 4.74 Å². The predicted molar refractivity (Wildman–Crippen MR) is 72.5 cm³/mol. The van der Waals surface area contributed by atoms with E-state index in [1.165, 1.54) is 25.7 Å². The summed E-state index contributed by atoms with van der Waals surface area (Å²) >= 11 is 0. The van der Waals surface area contributed by atoms with Crippen molar-refractivity contribution in [3.63, 3.8) is 0 Å². The van der Waals surface area contributed by atoms with Crippen molar-refractivity contribution in [3.8, 4) is 0 Å². The zero-order chi connectivity index (χ0) is 13.4. The number of alkyl carbamates (subject to hydrolysis) is 1. The molecule has 0 aliphatic heterocycles. The molecule has 2 rings (SSSR count). The van der Waals surface area contributed by atoms with Crippen LogP contribution in [0.5, 0.6) is 0 Å². The fraction of sp³-hybridized carbons (Fsp3) is 0.933. The Morgan fingerprint density at radius 2 is 1.72 bits per heavy atom. The lowest BCUT2D eigenvalue weighted by molar-refractivity contribution is 0.0465. The second-order valence-electron chi connectivity index (χ2n) is 7.35. The van der Waals surface area contributed by atoms with E-state index >= 15 is 0 Å². The van der Waals surface area contributed by atoms with Gasteiger partial charge in [0.15, 0.2) is 0 Å². The van der Waals surface area contributed by atoms with Gasteiger partial charge in [-0.25, -0.2) is 4.79 Å². The molecule has 3 nitrogen and oxygen atoms in total. The van der Waals surface area contributed by atoms with E-state index in [1.807, 2.05) is 20.8 Å². The monoisotopic (exact) mass is 253 g/mol. The summed E-state index contributed by atoms with van der Waals surface area (Å²) in [5.74, 6) is 0.958. The SMILES string of the molecule is CC(C)(C)OC(=O)NC1CCC(C)(C2CC2)CC1. The maximum atomic E-state index is 11.7. The first-order valence-electron chi connectivity index (χ1n) is 7.28. The van der Waals surface area contributed by atoms with Gasteiger partial charge < -0.3 is 10.1 Å². The van der Waals surface area contributed by atoms with Gasteiger partial charge in [-0.15, -0.1) is 0 Å². The van der Waals surface area contributed by atoms with E-state index in [4.69, 9.17) is 4.74 Å². The number of carbonyl (C=O) groups is 1. The summed E-state index contributed by atoms with van der Waals surface area (Å²) in [5.41, 5.74) is 0.146. The van der Waals surface area contributed by atoms with E-state index in [0.717, 1.165) is 18.8 Å². The minimum absolute atomic E-state index is 0.262. The number of rotatable bonds is 2. The lowest BCUT2D eigenvalue weighted by Crippen LogP contribution is -2.42. The molecule has 2 aliphatic carbocycles. The average Bonchev–Trinajstić information content (AvgIpc) is 3.02. The number of amides is 1. The number of hydrogen-bond acceptors (Lipinski definition) is 2. The highest BCUT2D eigenvalue weighted by Gasteiger charge is 2.43. The van der Waals surface area contributed by atoms with Crippen molar-refractivity contribution in [1.82, 2.24) is 5.32 Å². The van der Waals surface area contributed by atoms with Crippen molar-refractivity contribution in [2.75, 3.05) is 0 Å². The van der Waals surface area contributed by atoms with Crippen LogP contribution in [0.15, 0.2) is 0 Å². The first kappa shape index (κ1) is 13.7. The minimum atomic E-state index is -0.402. The average molecular weight is 253 g/mol. The first-order chi connectivity index (χ1) is 8.28. The van der Waals surface area contributed by atoms with Crippen LogP contribution in [0.1, 0.15) is 66.2 Å². The summed E-state index contributed by atoms with van der Waals surface area (Å²) in [5, 5.41) is 3.01. The topological polar surface area (TPSA) is 38.3 Å². The molecule has 0 aromatic rings. The Kier molecular flexibility index (Phi) is 3.61. The zero-order valence-electron chi connectivity index (χ0n) is 12.2. The van der Waals surface area contributed by atoms with E-state index in [2.05, 4.69) is 12.2 Å². The summed E-state index contributed by atoms with van der Waals surface area (Å²) < 4.78 is 5.30. The second kappa shape index (κ2) is 4.75. The quantitative estimate of drug-likeness (QED) is 0.811. The molecule has 2 fully saturated rings. The summed E-state index contributed by atoms with van der Waals surface area (Å²) in [7, 11) is 0. The molecule has 2 aliphatic rings. The van der Waals surface area contributed by atoms with Gasteiger partial charge in [0, 0.05) is 6.04 Å². The van der Waals surface area contributed by atoms with Crippen molar-refractivity contribution < 1.29 is 9.53 Å². The number of nitrogens with one attached hydrogen (secondary N) is 1. The van der Waals surface area contributed by atoms with E-state index in [0.29, 0.717) is 11.5 Å². The van der Waals surface area contributed by atoms with Crippen molar-refractivity contribution in [2.24, 2.45) is 11.3 Å². The summed E-state index contributed by atoms with van der Waals surface area (Å²) in [6.07, 6.45) is 7.28. The molecule has 0 unspecified atom stereocenters. The molecular formula is C15H27NO2. The highest BCUT2D eigenvalue weighted by atomic mass is 16.6. The first-order valence-corrected chi connectivity index (χ1v) is 7.28. The third-order valence-corrected chi connectivity index (χ3v) is 4.41. The fourth-order valence-corrected chi connectivity index (χ4v) is 3.08. The minimum Gasteiger partial charge on any atom is -0.444 e. The maximum Gasteiger partial charge on any atom is 0.407 e. The van der Waals surface area contributed by atoms with Gasteiger partial charge in [-0.1, -0.05) is 6.92 Å². The Hall–Kier alpha value is -0.730. The smallest absolute Gasteiger partial charge is 0.407 e. The van der Waals surface area contributed by atoms with Crippen LogP contribution in [0.3, 0.4) is 0 Å². The molecular weight excluding hydrogens is 226 g/mol. The molecule has 0 saturated heterocycles. The molecule has 0 radical (unpaired) electrons. The van der Waals surface area contributed by atoms with Crippen molar-refractivity contribution in [2.45, 2.75) is 77.9 Å². The zero-order valence-corrected chi connectivity index (χ0v) is 12.2. The van der Waals surface area contributed by atoms with E-state index < -0.39 is 5.60 Å². The van der Waals surface area contributed by atoms with Gasteiger partial charge in [-0.05, 0) is 70.6 Å². The van der Waals surface area contributed by atoms with Crippen LogP contribution in [0, 0.1) is 11.3 Å². The fourth-order valence-electron chi connectivity index (χ4n) is 3.08. The molecule has 0 atom stereocenters. The molecule has 0 spiro atoms. The van der Waals surface area contributed by atoms with Gasteiger partial charge in [0.05, 0.1) is 0 Å². The highest BCUT2D eigenvalue weighted by molar-refractivity contribution is 5.68. The molecule has 3 heteroatoms. The van der Waals surface area contributed by atoms with Gasteiger partial charge in [-0.2, -0.15) is 0 Å². The maximum absolute atomic E-state index is 11.7. The lowest BCUT2D eigenvalue weighted by Gasteiger charge is -2.38. The van der Waals surface area contributed by atoms with Crippen LogP contribution in [0.25, 0.3) is 0 Å². The van der Waals surface area contributed by atoms with Crippen LogP contribution >= 0.6 is 0 Å². The van der Waals surface area contributed by atoms with E-state index in [1.54, 1.807) is 0 Å². The molecule has 0 bridgehead atoms. The molecule has 1 N–H and O–H groups in total. The summed E-state index contributed by atoms with van der Waals surface area (Å²) in [6.45, 7) is 8.13. The van der Waals surface area contributed by atoms with Gasteiger partial charge in [0.2, 0.25) is 0 Å². The predicted octanol–water partition coefficient (Wildman–Crippen LogP) is 3.87. The van der Waals surface area contributed by atoms with Gasteiger partial charge in [0.1, 0.15) is 5.60 Å². The number of ether oxygens (including phenoxy) is 1. The van der Waals surface area contributed by atoms with Gasteiger partial charge in [-0.3, -0.25) is 0 Å². The molecule has 0 aromatic carbocycles. The van der Waals surface area contributed by atoms with E-state index in [9.17, 15) is 4.79 Å². The van der Waals surface area contributed by atoms with Crippen LogP contribution in [-0.4, -0.2) is 17.7 Å². The third-order valence-electron chi connectivity index (χ3n) is 4.41. The molecule has 2 saturated carbocycles. The standard InChI is InChI=1S/C15H27NO2/c1-14(2,3)18-13(17)16-12-7-9-15(4,10-8-12)11-5-6-11/h11-12H,5-10H2,1-4H3,(H,16,17). The molecule has 1 amide bonds. The third kappa shape index (κ3) is 3.63. The Balaban J connectivity index is 1.75. The second-order valence-corrected chi connectivity index (χ2v) is 7.35. The lowest BCUT2D eigenvalue weighted by atomic mass is 9.71. The molecule has 104 valence electrons. The normalized spacial score (nSPS) is 33.0. The summed E-state index contributed by atoms with van der Waals surface area (Å²) in [6, 6.07) is 0.312. The van der Waals surface area contributed by atoms with Gasteiger partial charge in [0.25, 0.3) is 0 Å². The van der Waals surface area contributed by atoms with Crippen molar-refractivity contribution in [1.29, 1.82) is 0 Å². The molecule has 0 heterocycles. The van der Waals surface area contributed by atoms with Crippen molar-refractivity contribution in [3.05, 3.63) is 0 Å². The largest absolute Gasteiger partial charge is 0.444 e. The Morgan fingerprint density at radius 3 is 2.17 bits per heavy atom. The van der Waals surface area contributed by atoms with Crippen LogP contribution in [0.4, 0.5) is 4.79 Å². The highest BCUT2D eigenvalue weighted by Crippen LogP contribution is 2.53. The van der Waals surface area contributed by atoms with Crippen LogP contribution in [0.2, 0.25) is 0 Å². The van der Waals surface area contributed by atoms with Gasteiger partial charge >= 0.3 is 6.09 Å². The Labute approximate surface area is 111 Å². The summed E-state index contributed by atoms with van der Waals surface area (Å²) in [4.78, 5) is 11.7. The van der Waals surface area contributed by atoms with Crippen molar-refractivity contribution >= 4 is 6.09 Å². The van der Waals surface area contributed by atoms with E-state index in [-0.39, 0.29) is 6.09 Å². The Morgan fingerprint density at radius 1 is 1.17 bits per heavy atom. The Bertz CT molecular complexity index is 307. The number of hydrogen-bond donors (Lipinski definition) is 1. The number of carbonyl (C=O) groups excluding carboxylic acids is 1.